The fourth-order valence-electron chi connectivity index (χ4n) is 12.1. The molecule has 15 rings (SSSR count). The highest BCUT2D eigenvalue weighted by atomic mass is 15.2. The predicted molar refractivity (Wildman–Crippen MR) is 299 cm³/mol. The number of aromatic nitrogens is 3. The summed E-state index contributed by atoms with van der Waals surface area (Å²) in [6, 6.07) is 81.1. The summed E-state index contributed by atoms with van der Waals surface area (Å²) in [4.78, 5) is 25.3. The van der Waals surface area contributed by atoms with Gasteiger partial charge in [0.25, 0.3) is 13.4 Å². The number of para-hydroxylation sites is 5. The van der Waals surface area contributed by atoms with E-state index in [1.54, 1.807) is 0 Å². The Labute approximate surface area is 418 Å². The van der Waals surface area contributed by atoms with E-state index in [0.29, 0.717) is 0 Å². The molecule has 4 aliphatic rings. The summed E-state index contributed by atoms with van der Waals surface area (Å²) in [5.41, 5.74) is 22.6. The number of pyridine rings is 3. The third-order valence-corrected chi connectivity index (χ3v) is 15.0. The molecule has 11 aromatic rings. The molecule has 0 amide bonds. The highest BCUT2D eigenvalue weighted by molar-refractivity contribution is 7.03. The van der Waals surface area contributed by atoms with Gasteiger partial charge in [-0.2, -0.15) is 0 Å². The average molecular weight is 918 g/mol. The molecule has 0 bridgehead atoms. The van der Waals surface area contributed by atoms with Gasteiger partial charge in [-0.15, -0.1) is 0 Å². The van der Waals surface area contributed by atoms with Crippen molar-refractivity contribution < 1.29 is 0 Å². The number of hydrogen-bond acceptors (Lipinski definition) is 7. The predicted octanol–water partition coefficient (Wildman–Crippen LogP) is 11.4. The van der Waals surface area contributed by atoms with Gasteiger partial charge in [0, 0.05) is 87.1 Å². The van der Waals surface area contributed by atoms with E-state index in [9.17, 15) is 0 Å². The summed E-state index contributed by atoms with van der Waals surface area (Å²) in [6.45, 7) is -0.340. The second kappa shape index (κ2) is 16.1. The van der Waals surface area contributed by atoms with Gasteiger partial charge in [0.2, 0.25) is 0 Å². The molecular weight excluding hydrogens is 876 g/mol. The second-order valence-corrected chi connectivity index (χ2v) is 18.7. The maximum atomic E-state index is 5.44. The fourth-order valence-corrected chi connectivity index (χ4v) is 12.1. The Morgan fingerprint density at radius 2 is 0.750 bits per heavy atom. The summed E-state index contributed by atoms with van der Waals surface area (Å²) in [7, 11) is 0. The molecule has 3 aromatic heterocycles. The lowest BCUT2D eigenvalue weighted by atomic mass is 9.30. The SMILES string of the molecule is c1ccc(-c2cccc(-c3ccccc3)c2N2c3ccccc3B3c4cc5c(cc4N(c4ccccc4)c4nccc2c43)N(c2ccccc2)c2ccnc3c2B5c2cnccc2N3c2ccccc2)cc1. The van der Waals surface area contributed by atoms with Crippen molar-refractivity contribution in [3.8, 4) is 22.3 Å². The van der Waals surface area contributed by atoms with Crippen molar-refractivity contribution in [2.75, 3.05) is 19.6 Å². The number of fused-ring (bicyclic) bond motifs is 8. The van der Waals surface area contributed by atoms with E-state index in [1.165, 1.54) is 16.4 Å². The molecule has 334 valence electrons. The van der Waals surface area contributed by atoms with E-state index in [-0.39, 0.29) is 13.4 Å². The molecule has 9 heteroatoms. The molecule has 0 radical (unpaired) electrons. The summed E-state index contributed by atoms with van der Waals surface area (Å²) >= 11 is 0. The highest BCUT2D eigenvalue weighted by Gasteiger charge is 2.49. The van der Waals surface area contributed by atoms with Crippen LogP contribution in [0.3, 0.4) is 0 Å². The number of hydrogen-bond donors (Lipinski definition) is 0. The summed E-state index contributed by atoms with van der Waals surface area (Å²) in [5, 5.41) is 0. The Morgan fingerprint density at radius 1 is 0.306 bits per heavy atom. The van der Waals surface area contributed by atoms with Crippen molar-refractivity contribution in [3.63, 3.8) is 0 Å². The Kier molecular flexibility index (Phi) is 9.01. The van der Waals surface area contributed by atoms with E-state index in [1.807, 2.05) is 18.6 Å². The molecule has 0 aliphatic carbocycles. The molecule has 0 N–H and O–H groups in total. The van der Waals surface area contributed by atoms with E-state index in [0.717, 1.165) is 107 Å². The van der Waals surface area contributed by atoms with Crippen molar-refractivity contribution in [2.24, 2.45) is 0 Å². The first-order valence-electron chi connectivity index (χ1n) is 24.6. The van der Waals surface area contributed by atoms with Crippen LogP contribution in [0.25, 0.3) is 22.3 Å². The first-order valence-corrected chi connectivity index (χ1v) is 24.6. The molecule has 0 unspecified atom stereocenters. The van der Waals surface area contributed by atoms with Gasteiger partial charge in [-0.05, 0) is 111 Å². The molecule has 0 fully saturated rings. The Morgan fingerprint density at radius 3 is 1.33 bits per heavy atom. The molecule has 7 nitrogen and oxygen atoms in total. The van der Waals surface area contributed by atoms with Crippen LogP contribution in [0.4, 0.5) is 68.5 Å². The molecular formula is C63H41B2N7. The smallest absolute Gasteiger partial charge is 0.256 e. The van der Waals surface area contributed by atoms with Crippen LogP contribution in [-0.4, -0.2) is 28.4 Å². The lowest BCUT2D eigenvalue weighted by molar-refractivity contribution is 1.16. The zero-order chi connectivity index (χ0) is 47.3. The van der Waals surface area contributed by atoms with Crippen molar-refractivity contribution >= 4 is 115 Å². The fraction of sp³-hybridized carbons (Fsp3) is 0. The van der Waals surface area contributed by atoms with Crippen molar-refractivity contribution in [1.82, 2.24) is 15.0 Å². The third-order valence-electron chi connectivity index (χ3n) is 15.0. The van der Waals surface area contributed by atoms with Crippen LogP contribution in [0.15, 0.2) is 249 Å². The van der Waals surface area contributed by atoms with E-state index in [2.05, 4.69) is 250 Å². The van der Waals surface area contributed by atoms with Crippen LogP contribution in [0.5, 0.6) is 0 Å². The normalized spacial score (nSPS) is 13.4. The van der Waals surface area contributed by atoms with Gasteiger partial charge in [-0.1, -0.05) is 158 Å². The minimum absolute atomic E-state index is 0.168. The van der Waals surface area contributed by atoms with Crippen LogP contribution in [0.1, 0.15) is 0 Å². The molecule has 0 spiro atoms. The van der Waals surface area contributed by atoms with Crippen LogP contribution in [-0.2, 0) is 0 Å². The maximum absolute atomic E-state index is 5.44. The third kappa shape index (κ3) is 5.91. The van der Waals surface area contributed by atoms with Crippen LogP contribution in [0.2, 0.25) is 0 Å². The van der Waals surface area contributed by atoms with Gasteiger partial charge >= 0.3 is 0 Å². The van der Waals surface area contributed by atoms with Crippen molar-refractivity contribution in [1.29, 1.82) is 0 Å². The van der Waals surface area contributed by atoms with Gasteiger partial charge in [0.15, 0.2) is 0 Å². The van der Waals surface area contributed by atoms with Crippen LogP contribution < -0.4 is 52.4 Å². The first kappa shape index (κ1) is 40.4. The molecule has 72 heavy (non-hydrogen) atoms. The van der Waals surface area contributed by atoms with Crippen LogP contribution >= 0.6 is 0 Å². The van der Waals surface area contributed by atoms with Gasteiger partial charge in [0.05, 0.1) is 5.69 Å². The molecule has 0 saturated carbocycles. The zero-order valence-corrected chi connectivity index (χ0v) is 39.0. The molecule has 8 aromatic carbocycles. The maximum Gasteiger partial charge on any atom is 0.256 e. The number of nitrogens with zero attached hydrogens (tertiary/aromatic N) is 7. The second-order valence-electron chi connectivity index (χ2n) is 18.7. The van der Waals surface area contributed by atoms with Gasteiger partial charge < -0.3 is 9.80 Å². The molecule has 0 atom stereocenters. The van der Waals surface area contributed by atoms with Gasteiger partial charge in [-0.3, -0.25) is 14.8 Å². The van der Waals surface area contributed by atoms with E-state index < -0.39 is 0 Å². The van der Waals surface area contributed by atoms with Gasteiger partial charge in [0.1, 0.15) is 11.6 Å². The minimum atomic E-state index is -0.172. The number of anilines is 12. The lowest BCUT2D eigenvalue weighted by Crippen LogP contribution is -2.65. The average Bonchev–Trinajstić information content (AvgIpc) is 3.45. The Hall–Kier alpha value is -9.46. The lowest BCUT2D eigenvalue weighted by Gasteiger charge is -2.46. The topological polar surface area (TPSA) is 51.6 Å². The monoisotopic (exact) mass is 917 g/mol. The molecule has 0 saturated heterocycles. The quantitative estimate of drug-likeness (QED) is 0.154. The largest absolute Gasteiger partial charge is 0.311 e. The Balaban J connectivity index is 1.04. The highest BCUT2D eigenvalue weighted by Crippen LogP contribution is 2.50. The Bertz CT molecular complexity index is 3860. The zero-order valence-electron chi connectivity index (χ0n) is 39.0. The number of benzene rings is 8. The van der Waals surface area contributed by atoms with Crippen molar-refractivity contribution in [2.45, 2.75) is 0 Å². The summed E-state index contributed by atoms with van der Waals surface area (Å²) < 4.78 is 0. The van der Waals surface area contributed by atoms with E-state index in [4.69, 9.17) is 15.0 Å². The number of rotatable bonds is 6. The molecule has 4 aliphatic heterocycles. The standard InChI is InChI=1S/C63H41B2N7/c1-6-19-42(20-7-1)47-29-18-30-48(43-21-8-2-9-22-43)61(47)72-53-32-17-16-31-49(53)64-51-39-50-57(40-58(51)71(46-27-14-5-15-28-46)63-60(64)56(72)35-38-68-63)69(44-23-10-3-11-24-44)55-34-37-67-62-59(55)65(50)52-41-66-36-33-54(52)70(62)45-25-12-4-13-26-45/h1-41H. The van der Waals surface area contributed by atoms with E-state index >= 15 is 0 Å². The molecule has 7 heterocycles. The summed E-state index contributed by atoms with van der Waals surface area (Å²) in [5.74, 6) is 1.83. The minimum Gasteiger partial charge on any atom is -0.311 e. The summed E-state index contributed by atoms with van der Waals surface area (Å²) in [6.07, 6.45) is 7.95. The first-order chi connectivity index (χ1) is 35.8. The van der Waals surface area contributed by atoms with Crippen LogP contribution in [0, 0.1) is 0 Å². The van der Waals surface area contributed by atoms with Crippen molar-refractivity contribution in [3.05, 3.63) is 249 Å². The van der Waals surface area contributed by atoms with Gasteiger partial charge in [-0.25, -0.2) is 9.97 Å².